The van der Waals surface area contributed by atoms with Gasteiger partial charge in [-0.25, -0.2) is 0 Å². The highest BCUT2D eigenvalue weighted by Gasteiger charge is 2.14. The molecule has 114 valence electrons. The maximum atomic E-state index is 4.67. The minimum absolute atomic E-state index is 0.423. The summed E-state index contributed by atoms with van der Waals surface area (Å²) in [5.74, 6) is 0. The van der Waals surface area contributed by atoms with Crippen LogP contribution in [0.1, 0.15) is 42.4 Å². The summed E-state index contributed by atoms with van der Waals surface area (Å²) in [5.41, 5.74) is 5.23. The second kappa shape index (κ2) is 6.90. The van der Waals surface area contributed by atoms with Gasteiger partial charge in [-0.3, -0.25) is 4.68 Å². The number of nitrogens with zero attached hydrogens (tertiary/aromatic N) is 3. The van der Waals surface area contributed by atoms with E-state index in [1.54, 1.807) is 0 Å². The van der Waals surface area contributed by atoms with Crippen molar-refractivity contribution in [2.24, 2.45) is 0 Å². The lowest BCUT2D eigenvalue weighted by Gasteiger charge is -2.17. The molecule has 0 spiro atoms. The maximum absolute atomic E-state index is 4.67. The SMILES string of the molecule is Cc1nn(C(C)C)c(C)c1CN(C)CCc1ccccc1. The molecule has 0 amide bonds. The van der Waals surface area contributed by atoms with Crippen LogP contribution >= 0.6 is 0 Å². The van der Waals surface area contributed by atoms with E-state index in [4.69, 9.17) is 0 Å². The number of hydrogen-bond acceptors (Lipinski definition) is 2. The third-order valence-electron chi connectivity index (χ3n) is 4.02. The van der Waals surface area contributed by atoms with E-state index >= 15 is 0 Å². The lowest BCUT2D eigenvalue weighted by atomic mass is 10.1. The molecular formula is C18H27N3. The van der Waals surface area contributed by atoms with Gasteiger partial charge in [-0.1, -0.05) is 30.3 Å². The van der Waals surface area contributed by atoms with Crippen LogP contribution in [0.15, 0.2) is 30.3 Å². The molecule has 3 nitrogen and oxygen atoms in total. The molecule has 21 heavy (non-hydrogen) atoms. The number of aromatic nitrogens is 2. The first-order chi connectivity index (χ1) is 9.99. The van der Waals surface area contributed by atoms with E-state index in [0.29, 0.717) is 6.04 Å². The van der Waals surface area contributed by atoms with Crippen LogP contribution in [0.3, 0.4) is 0 Å². The minimum Gasteiger partial charge on any atom is -0.302 e. The van der Waals surface area contributed by atoms with Crippen molar-refractivity contribution < 1.29 is 0 Å². The minimum atomic E-state index is 0.423. The fourth-order valence-corrected chi connectivity index (χ4v) is 2.74. The van der Waals surface area contributed by atoms with Crippen molar-refractivity contribution in [2.75, 3.05) is 13.6 Å². The molecular weight excluding hydrogens is 258 g/mol. The van der Waals surface area contributed by atoms with Gasteiger partial charge in [0.15, 0.2) is 0 Å². The first-order valence-electron chi connectivity index (χ1n) is 7.76. The molecule has 0 radical (unpaired) electrons. The Morgan fingerprint density at radius 1 is 1.14 bits per heavy atom. The van der Waals surface area contributed by atoms with Crippen molar-refractivity contribution >= 4 is 0 Å². The van der Waals surface area contributed by atoms with Crippen LogP contribution in [-0.2, 0) is 13.0 Å². The Labute approximate surface area is 128 Å². The summed E-state index contributed by atoms with van der Waals surface area (Å²) in [6, 6.07) is 11.1. The molecule has 0 saturated carbocycles. The lowest BCUT2D eigenvalue weighted by molar-refractivity contribution is 0.329. The van der Waals surface area contributed by atoms with Crippen molar-refractivity contribution in [3.8, 4) is 0 Å². The van der Waals surface area contributed by atoms with Gasteiger partial charge in [0.2, 0.25) is 0 Å². The van der Waals surface area contributed by atoms with Gasteiger partial charge in [0.05, 0.1) is 5.69 Å². The molecule has 0 atom stereocenters. The third-order valence-corrected chi connectivity index (χ3v) is 4.02. The van der Waals surface area contributed by atoms with Crippen LogP contribution in [0.4, 0.5) is 0 Å². The number of likely N-dealkylation sites (N-methyl/N-ethyl adjacent to an activating group) is 1. The zero-order valence-electron chi connectivity index (χ0n) is 13.9. The highest BCUT2D eigenvalue weighted by Crippen LogP contribution is 2.18. The fraction of sp³-hybridized carbons (Fsp3) is 0.500. The van der Waals surface area contributed by atoms with Gasteiger partial charge in [0, 0.05) is 30.4 Å². The summed E-state index contributed by atoms with van der Waals surface area (Å²) in [7, 11) is 2.19. The lowest BCUT2D eigenvalue weighted by Crippen LogP contribution is -2.21. The van der Waals surface area contributed by atoms with Crippen molar-refractivity contribution in [3.05, 3.63) is 52.8 Å². The number of rotatable bonds is 6. The first-order valence-corrected chi connectivity index (χ1v) is 7.76. The van der Waals surface area contributed by atoms with E-state index in [0.717, 1.165) is 25.2 Å². The second-order valence-corrected chi connectivity index (χ2v) is 6.16. The zero-order chi connectivity index (χ0) is 15.4. The molecule has 0 fully saturated rings. The number of hydrogen-bond donors (Lipinski definition) is 0. The molecule has 0 unspecified atom stereocenters. The van der Waals surface area contributed by atoms with Crippen molar-refractivity contribution in [3.63, 3.8) is 0 Å². The maximum Gasteiger partial charge on any atom is 0.0641 e. The quantitative estimate of drug-likeness (QED) is 0.806. The first kappa shape index (κ1) is 15.8. The van der Waals surface area contributed by atoms with Crippen LogP contribution < -0.4 is 0 Å². The van der Waals surface area contributed by atoms with Gasteiger partial charge in [-0.2, -0.15) is 5.10 Å². The van der Waals surface area contributed by atoms with Gasteiger partial charge in [-0.15, -0.1) is 0 Å². The summed E-state index contributed by atoms with van der Waals surface area (Å²) in [6.07, 6.45) is 1.09. The van der Waals surface area contributed by atoms with Crippen LogP contribution in [0, 0.1) is 13.8 Å². The molecule has 0 N–H and O–H groups in total. The van der Waals surface area contributed by atoms with Gasteiger partial charge < -0.3 is 4.90 Å². The molecule has 0 saturated heterocycles. The largest absolute Gasteiger partial charge is 0.302 e. The van der Waals surface area contributed by atoms with Crippen LogP contribution in [0.25, 0.3) is 0 Å². The Kier molecular flexibility index (Phi) is 5.18. The second-order valence-electron chi connectivity index (χ2n) is 6.16. The summed E-state index contributed by atoms with van der Waals surface area (Å²) in [4.78, 5) is 2.38. The van der Waals surface area contributed by atoms with E-state index in [-0.39, 0.29) is 0 Å². The van der Waals surface area contributed by atoms with E-state index in [9.17, 15) is 0 Å². The molecule has 1 aromatic carbocycles. The predicted octanol–water partition coefficient (Wildman–Crippen LogP) is 3.76. The molecule has 0 bridgehead atoms. The summed E-state index contributed by atoms with van der Waals surface area (Å²) >= 11 is 0. The van der Waals surface area contributed by atoms with Crippen LogP contribution in [0.5, 0.6) is 0 Å². The van der Waals surface area contributed by atoms with Crippen LogP contribution in [0.2, 0.25) is 0 Å². The van der Waals surface area contributed by atoms with Crippen molar-refractivity contribution in [2.45, 2.75) is 46.7 Å². The Morgan fingerprint density at radius 3 is 2.38 bits per heavy atom. The normalized spacial score (nSPS) is 11.6. The Morgan fingerprint density at radius 2 is 1.81 bits per heavy atom. The molecule has 1 aromatic heterocycles. The fourth-order valence-electron chi connectivity index (χ4n) is 2.74. The summed E-state index contributed by atoms with van der Waals surface area (Å²) in [6.45, 7) is 10.7. The molecule has 3 heteroatoms. The predicted molar refractivity (Wildman–Crippen MR) is 88.6 cm³/mol. The molecule has 2 aromatic rings. The average Bonchev–Trinajstić information content (AvgIpc) is 2.74. The van der Waals surface area contributed by atoms with Crippen LogP contribution in [-0.4, -0.2) is 28.3 Å². The van der Waals surface area contributed by atoms with Gasteiger partial charge in [-0.05, 0) is 46.7 Å². The van der Waals surface area contributed by atoms with Gasteiger partial charge >= 0.3 is 0 Å². The molecule has 0 aliphatic carbocycles. The van der Waals surface area contributed by atoms with Crippen molar-refractivity contribution in [1.82, 2.24) is 14.7 Å². The van der Waals surface area contributed by atoms with Crippen molar-refractivity contribution in [1.29, 1.82) is 0 Å². The third kappa shape index (κ3) is 3.94. The van der Waals surface area contributed by atoms with Gasteiger partial charge in [0.1, 0.15) is 0 Å². The van der Waals surface area contributed by atoms with Gasteiger partial charge in [0.25, 0.3) is 0 Å². The highest BCUT2D eigenvalue weighted by atomic mass is 15.3. The Hall–Kier alpha value is -1.61. The average molecular weight is 285 g/mol. The standard InChI is InChI=1S/C18H27N3/c1-14(2)21-16(4)18(15(3)19-21)13-20(5)12-11-17-9-7-6-8-10-17/h6-10,14H,11-13H2,1-5H3. The molecule has 1 heterocycles. The topological polar surface area (TPSA) is 21.1 Å². The zero-order valence-corrected chi connectivity index (χ0v) is 13.9. The Bertz CT molecular complexity index is 570. The smallest absolute Gasteiger partial charge is 0.0641 e. The number of aryl methyl sites for hydroxylation is 1. The summed E-state index contributed by atoms with van der Waals surface area (Å²) in [5, 5.41) is 4.67. The van der Waals surface area contributed by atoms with E-state index in [2.05, 4.69) is 79.8 Å². The summed E-state index contributed by atoms with van der Waals surface area (Å²) < 4.78 is 2.13. The highest BCUT2D eigenvalue weighted by molar-refractivity contribution is 5.25. The van der Waals surface area contributed by atoms with E-state index in [1.165, 1.54) is 16.8 Å². The van der Waals surface area contributed by atoms with E-state index < -0.39 is 0 Å². The molecule has 2 rings (SSSR count). The van der Waals surface area contributed by atoms with E-state index in [1.807, 2.05) is 0 Å². The number of benzene rings is 1. The Balaban J connectivity index is 1.98. The molecule has 0 aliphatic rings. The molecule has 0 aliphatic heterocycles. The monoisotopic (exact) mass is 285 g/mol.